The van der Waals surface area contributed by atoms with Crippen molar-refractivity contribution in [1.29, 1.82) is 0 Å². The van der Waals surface area contributed by atoms with Gasteiger partial charge in [0.15, 0.2) is 12.4 Å². The Bertz CT molecular complexity index is 1300. The molecular weight excluding hydrogens is 462 g/mol. The number of anilines is 1. The monoisotopic (exact) mass is 477 g/mol. The van der Waals surface area contributed by atoms with E-state index < -0.39 is 23.4 Å². The van der Waals surface area contributed by atoms with E-state index >= 15 is 0 Å². The molecule has 1 N–H and O–H groups in total. The lowest BCUT2D eigenvalue weighted by Crippen LogP contribution is -2.22. The van der Waals surface area contributed by atoms with Gasteiger partial charge < -0.3 is 10.1 Å². The average Bonchev–Trinajstić information content (AvgIpc) is 3.29. The largest absolute Gasteiger partial charge is 0.450 e. The van der Waals surface area contributed by atoms with E-state index in [1.54, 1.807) is 0 Å². The van der Waals surface area contributed by atoms with Crippen molar-refractivity contribution in [2.75, 3.05) is 11.9 Å². The molecule has 0 spiro atoms. The lowest BCUT2D eigenvalue weighted by atomic mass is 10.2. The van der Waals surface area contributed by atoms with Gasteiger partial charge in [-0.1, -0.05) is 60.1 Å². The van der Waals surface area contributed by atoms with Crippen molar-refractivity contribution in [2.45, 2.75) is 0 Å². The van der Waals surface area contributed by atoms with Crippen LogP contribution in [0, 0.1) is 10.1 Å². The summed E-state index contributed by atoms with van der Waals surface area (Å²) in [5, 5.41) is 17.9. The van der Waals surface area contributed by atoms with Crippen molar-refractivity contribution in [3.05, 3.63) is 99.8 Å². The molecule has 0 aliphatic rings. The lowest BCUT2D eigenvalue weighted by molar-refractivity contribution is -0.383. The van der Waals surface area contributed by atoms with Gasteiger partial charge in [0.25, 0.3) is 17.4 Å². The Morgan fingerprint density at radius 3 is 2.38 bits per heavy atom. The van der Waals surface area contributed by atoms with Crippen LogP contribution >= 0.6 is 11.6 Å². The van der Waals surface area contributed by atoms with Gasteiger partial charge in [0.2, 0.25) is 0 Å². The van der Waals surface area contributed by atoms with Crippen LogP contribution < -0.4 is 5.32 Å². The molecule has 0 aliphatic heterocycles. The molecule has 0 radical (unpaired) electrons. The number of nitro groups is 1. The number of aromatic nitrogens is 3. The molecule has 3 aromatic carbocycles. The van der Waals surface area contributed by atoms with E-state index in [2.05, 4.69) is 15.4 Å². The molecule has 4 aromatic rings. The molecule has 170 valence electrons. The fourth-order valence-corrected chi connectivity index (χ4v) is 3.24. The maximum absolute atomic E-state index is 12.6. The van der Waals surface area contributed by atoms with E-state index in [-0.39, 0.29) is 22.2 Å². The van der Waals surface area contributed by atoms with Crippen LogP contribution in [-0.2, 0) is 9.53 Å². The number of para-hydroxylation sites is 1. The third-order valence-corrected chi connectivity index (χ3v) is 4.82. The molecule has 1 aromatic heterocycles. The Morgan fingerprint density at radius 2 is 1.71 bits per heavy atom. The average molecular weight is 478 g/mol. The van der Waals surface area contributed by atoms with Crippen LogP contribution in [-0.4, -0.2) is 38.2 Å². The second kappa shape index (κ2) is 9.92. The number of hydrogen-bond acceptors (Lipinski definition) is 7. The van der Waals surface area contributed by atoms with Crippen LogP contribution in [0.1, 0.15) is 10.6 Å². The first kappa shape index (κ1) is 22.6. The van der Waals surface area contributed by atoms with Crippen molar-refractivity contribution < 1.29 is 19.2 Å². The second-order valence-electron chi connectivity index (χ2n) is 6.92. The number of ether oxygens (including phenoxy) is 1. The Morgan fingerprint density at radius 1 is 1.03 bits per heavy atom. The predicted molar refractivity (Wildman–Crippen MR) is 124 cm³/mol. The summed E-state index contributed by atoms with van der Waals surface area (Å²) in [4.78, 5) is 39.6. The van der Waals surface area contributed by atoms with Crippen LogP contribution in [0.5, 0.6) is 0 Å². The fourth-order valence-electron chi connectivity index (χ4n) is 3.07. The van der Waals surface area contributed by atoms with E-state index in [4.69, 9.17) is 16.3 Å². The zero-order valence-corrected chi connectivity index (χ0v) is 18.2. The van der Waals surface area contributed by atoms with E-state index in [1.165, 1.54) is 16.8 Å². The van der Waals surface area contributed by atoms with Crippen molar-refractivity contribution >= 4 is 34.9 Å². The number of nitrogens with zero attached hydrogens (tertiary/aromatic N) is 4. The Balaban J connectivity index is 1.52. The SMILES string of the molecule is O=C(COC(=O)c1nc(-c2ccccc2)n(-c2ccccc2)n1)Nc1cc(Cl)ccc1[N+](=O)[O-]. The van der Waals surface area contributed by atoms with Crippen molar-refractivity contribution in [1.82, 2.24) is 14.8 Å². The first-order valence-corrected chi connectivity index (χ1v) is 10.3. The highest BCUT2D eigenvalue weighted by Crippen LogP contribution is 2.27. The van der Waals surface area contributed by atoms with Crippen molar-refractivity contribution in [3.8, 4) is 17.1 Å². The normalized spacial score (nSPS) is 10.5. The highest BCUT2D eigenvalue weighted by molar-refractivity contribution is 6.31. The Kier molecular flexibility index (Phi) is 6.60. The molecule has 0 saturated carbocycles. The molecular formula is C23H16ClN5O5. The first-order chi connectivity index (χ1) is 16.4. The van der Waals surface area contributed by atoms with E-state index in [9.17, 15) is 19.7 Å². The first-order valence-electron chi connectivity index (χ1n) is 9.91. The summed E-state index contributed by atoms with van der Waals surface area (Å²) in [6.07, 6.45) is 0. The van der Waals surface area contributed by atoms with Gasteiger partial charge in [-0.15, -0.1) is 5.10 Å². The molecule has 4 rings (SSSR count). The van der Waals surface area contributed by atoms with Crippen molar-refractivity contribution in [2.24, 2.45) is 0 Å². The Labute approximate surface area is 197 Å². The maximum Gasteiger partial charge on any atom is 0.378 e. The van der Waals surface area contributed by atoms with Crippen LogP contribution in [0.25, 0.3) is 17.1 Å². The van der Waals surface area contributed by atoms with Crippen LogP contribution in [0.3, 0.4) is 0 Å². The van der Waals surface area contributed by atoms with Crippen LogP contribution in [0.4, 0.5) is 11.4 Å². The minimum atomic E-state index is -0.928. The zero-order chi connectivity index (χ0) is 24.1. The summed E-state index contributed by atoms with van der Waals surface area (Å²) in [7, 11) is 0. The van der Waals surface area contributed by atoms with E-state index in [0.29, 0.717) is 11.5 Å². The molecule has 10 nitrogen and oxygen atoms in total. The van der Waals surface area contributed by atoms with Gasteiger partial charge in [-0.05, 0) is 24.3 Å². The predicted octanol–water partition coefficient (Wildman–Crippen LogP) is 4.29. The second-order valence-corrected chi connectivity index (χ2v) is 7.35. The standard InChI is InChI=1S/C23H16ClN5O5/c24-16-11-12-19(29(32)33)18(13-16)25-20(30)14-34-23(31)21-26-22(15-7-3-1-4-8-15)28(27-21)17-9-5-2-6-10-17/h1-13H,14H2,(H,25,30). The summed E-state index contributed by atoms with van der Waals surface area (Å²) in [6.45, 7) is -0.705. The summed E-state index contributed by atoms with van der Waals surface area (Å²) in [6, 6.07) is 22.0. The quantitative estimate of drug-likeness (QED) is 0.239. The highest BCUT2D eigenvalue weighted by Gasteiger charge is 2.22. The third-order valence-electron chi connectivity index (χ3n) is 4.59. The number of carbonyl (C=O) groups excluding carboxylic acids is 2. The van der Waals surface area contributed by atoms with Gasteiger partial charge in [-0.3, -0.25) is 14.9 Å². The molecule has 11 heteroatoms. The number of esters is 1. The molecule has 34 heavy (non-hydrogen) atoms. The van der Waals surface area contributed by atoms with E-state index in [1.807, 2.05) is 60.7 Å². The number of hydrogen-bond donors (Lipinski definition) is 1. The maximum atomic E-state index is 12.6. The van der Waals surface area contributed by atoms with Crippen molar-refractivity contribution in [3.63, 3.8) is 0 Å². The van der Waals surface area contributed by atoms with Gasteiger partial charge in [-0.2, -0.15) is 0 Å². The molecule has 0 bridgehead atoms. The summed E-state index contributed by atoms with van der Waals surface area (Å²) >= 11 is 5.85. The summed E-state index contributed by atoms with van der Waals surface area (Å²) < 4.78 is 6.54. The number of rotatable bonds is 7. The molecule has 0 aliphatic carbocycles. The molecule has 0 unspecified atom stereocenters. The molecule has 0 atom stereocenters. The molecule has 0 fully saturated rings. The topological polar surface area (TPSA) is 129 Å². The van der Waals surface area contributed by atoms with E-state index in [0.717, 1.165) is 11.6 Å². The summed E-state index contributed by atoms with van der Waals surface area (Å²) in [5.41, 5.74) is 0.944. The van der Waals surface area contributed by atoms with Crippen LogP contribution in [0.2, 0.25) is 5.02 Å². The molecule has 1 amide bonds. The third kappa shape index (κ3) is 5.08. The Hall–Kier alpha value is -4.57. The molecule has 1 heterocycles. The highest BCUT2D eigenvalue weighted by atomic mass is 35.5. The van der Waals surface area contributed by atoms with Gasteiger partial charge in [0.05, 0.1) is 10.6 Å². The summed E-state index contributed by atoms with van der Waals surface area (Å²) in [5.74, 6) is -1.55. The number of benzene rings is 3. The zero-order valence-electron chi connectivity index (χ0n) is 17.4. The number of halogens is 1. The number of nitrogens with one attached hydrogen (secondary N) is 1. The number of carbonyl (C=O) groups is 2. The van der Waals surface area contributed by atoms with Crippen LogP contribution in [0.15, 0.2) is 78.9 Å². The smallest absolute Gasteiger partial charge is 0.378 e. The van der Waals surface area contributed by atoms with Gasteiger partial charge in [0.1, 0.15) is 5.69 Å². The van der Waals surface area contributed by atoms with Gasteiger partial charge in [-0.25, -0.2) is 14.5 Å². The minimum Gasteiger partial charge on any atom is -0.450 e. The molecule has 0 saturated heterocycles. The van der Waals surface area contributed by atoms with Gasteiger partial charge >= 0.3 is 5.97 Å². The van der Waals surface area contributed by atoms with Gasteiger partial charge in [0, 0.05) is 16.7 Å². The number of amides is 1. The fraction of sp³-hybridized carbons (Fsp3) is 0.0435. The minimum absolute atomic E-state index is 0.114. The lowest BCUT2D eigenvalue weighted by Gasteiger charge is -2.06. The number of nitro benzene ring substituents is 1.